The van der Waals surface area contributed by atoms with Gasteiger partial charge >= 0.3 is 5.97 Å². The average molecular weight is 344 g/mol. The molecule has 0 amide bonds. The largest absolute Gasteiger partial charge is 0.380 e. The Balaban J connectivity index is 2.17. The number of nitrogens with zero attached hydrogens (tertiary/aromatic N) is 1. The van der Waals surface area contributed by atoms with Crippen LogP contribution in [0.3, 0.4) is 0 Å². The van der Waals surface area contributed by atoms with Crippen molar-refractivity contribution < 1.29 is 9.63 Å². The highest BCUT2D eigenvalue weighted by Crippen LogP contribution is 2.21. The van der Waals surface area contributed by atoms with Crippen molar-refractivity contribution >= 4 is 46.6 Å². The van der Waals surface area contributed by atoms with E-state index in [2.05, 4.69) is 5.16 Å². The number of hydrogen-bond donors (Lipinski definition) is 1. The van der Waals surface area contributed by atoms with Crippen molar-refractivity contribution in [2.24, 2.45) is 10.9 Å². The van der Waals surface area contributed by atoms with Crippen molar-refractivity contribution in [3.05, 3.63) is 68.7 Å². The van der Waals surface area contributed by atoms with Crippen molar-refractivity contribution in [1.29, 1.82) is 0 Å². The van der Waals surface area contributed by atoms with Gasteiger partial charge in [0.2, 0.25) is 0 Å². The first-order valence-corrected chi connectivity index (χ1v) is 6.87. The molecule has 0 fully saturated rings. The molecule has 0 aromatic heterocycles. The lowest BCUT2D eigenvalue weighted by molar-refractivity contribution is 0.0516. The van der Waals surface area contributed by atoms with Crippen LogP contribution < -0.4 is 5.73 Å². The number of benzene rings is 2. The molecule has 0 saturated carbocycles. The highest BCUT2D eigenvalue weighted by Gasteiger charge is 2.12. The SMILES string of the molecule is N/C(=N\OC(=O)c1ccccc1Cl)c1ccc(Cl)cc1Cl. The van der Waals surface area contributed by atoms with Gasteiger partial charge in [-0.1, -0.05) is 52.1 Å². The van der Waals surface area contributed by atoms with E-state index >= 15 is 0 Å². The summed E-state index contributed by atoms with van der Waals surface area (Å²) in [6, 6.07) is 11.1. The number of carbonyl (C=O) groups excluding carboxylic acids is 1. The van der Waals surface area contributed by atoms with Crippen LogP contribution in [0.2, 0.25) is 15.1 Å². The monoisotopic (exact) mass is 342 g/mol. The van der Waals surface area contributed by atoms with E-state index in [1.165, 1.54) is 12.1 Å². The molecular formula is C14H9Cl3N2O2. The first kappa shape index (κ1) is 15.6. The molecule has 21 heavy (non-hydrogen) atoms. The lowest BCUT2D eigenvalue weighted by Gasteiger charge is -2.04. The number of carbonyl (C=O) groups is 1. The number of oxime groups is 1. The highest BCUT2D eigenvalue weighted by atomic mass is 35.5. The molecule has 0 aliphatic rings. The summed E-state index contributed by atoms with van der Waals surface area (Å²) in [4.78, 5) is 16.6. The molecule has 108 valence electrons. The molecule has 2 rings (SSSR count). The number of hydrogen-bond acceptors (Lipinski definition) is 3. The van der Waals surface area contributed by atoms with Gasteiger partial charge in [0.05, 0.1) is 15.6 Å². The maximum atomic E-state index is 11.8. The van der Waals surface area contributed by atoms with Gasteiger partial charge in [0.15, 0.2) is 5.84 Å². The number of amidine groups is 1. The van der Waals surface area contributed by atoms with Crippen LogP contribution in [0.1, 0.15) is 15.9 Å². The van der Waals surface area contributed by atoms with Gasteiger partial charge in [-0.15, -0.1) is 0 Å². The third-order valence-corrected chi connectivity index (χ3v) is 3.41. The Morgan fingerprint density at radius 3 is 2.38 bits per heavy atom. The molecule has 0 unspecified atom stereocenters. The third kappa shape index (κ3) is 3.88. The molecule has 0 radical (unpaired) electrons. The van der Waals surface area contributed by atoms with Gasteiger partial charge < -0.3 is 10.6 Å². The predicted octanol–water partition coefficient (Wildman–Crippen LogP) is 4.12. The van der Waals surface area contributed by atoms with E-state index < -0.39 is 5.97 Å². The second kappa shape index (κ2) is 6.80. The molecule has 0 atom stereocenters. The maximum Gasteiger partial charge on any atom is 0.367 e. The van der Waals surface area contributed by atoms with Crippen LogP contribution in [0, 0.1) is 0 Å². The van der Waals surface area contributed by atoms with Gasteiger partial charge in [0.25, 0.3) is 0 Å². The average Bonchev–Trinajstić information content (AvgIpc) is 2.45. The lowest BCUT2D eigenvalue weighted by atomic mass is 10.2. The van der Waals surface area contributed by atoms with Crippen molar-refractivity contribution in [3.63, 3.8) is 0 Å². The van der Waals surface area contributed by atoms with Gasteiger partial charge in [-0.2, -0.15) is 0 Å². The van der Waals surface area contributed by atoms with Gasteiger partial charge in [0, 0.05) is 10.6 Å². The van der Waals surface area contributed by atoms with E-state index in [9.17, 15) is 4.79 Å². The smallest absolute Gasteiger partial charge is 0.367 e. The second-order valence-corrected chi connectivity index (χ2v) is 5.21. The Bertz CT molecular complexity index is 717. The normalized spacial score (nSPS) is 11.3. The predicted molar refractivity (Wildman–Crippen MR) is 84.1 cm³/mol. The fraction of sp³-hybridized carbons (Fsp3) is 0. The van der Waals surface area contributed by atoms with Gasteiger partial charge in [-0.05, 0) is 30.3 Å². The minimum Gasteiger partial charge on any atom is -0.380 e. The van der Waals surface area contributed by atoms with Crippen LogP contribution in [0.4, 0.5) is 0 Å². The van der Waals surface area contributed by atoms with E-state index in [-0.39, 0.29) is 16.4 Å². The summed E-state index contributed by atoms with van der Waals surface area (Å²) in [5.74, 6) is -0.759. The summed E-state index contributed by atoms with van der Waals surface area (Å²) in [5.41, 5.74) is 6.33. The summed E-state index contributed by atoms with van der Waals surface area (Å²) in [6.07, 6.45) is 0. The summed E-state index contributed by atoms with van der Waals surface area (Å²) in [5, 5.41) is 4.59. The van der Waals surface area contributed by atoms with Crippen LogP contribution in [-0.4, -0.2) is 11.8 Å². The van der Waals surface area contributed by atoms with Gasteiger partial charge in [-0.25, -0.2) is 4.79 Å². The molecule has 0 spiro atoms. The topological polar surface area (TPSA) is 64.7 Å². The second-order valence-electron chi connectivity index (χ2n) is 3.96. The van der Waals surface area contributed by atoms with E-state index in [0.717, 1.165) is 0 Å². The van der Waals surface area contributed by atoms with Crippen LogP contribution in [0.15, 0.2) is 47.6 Å². The molecule has 0 aliphatic heterocycles. The third-order valence-electron chi connectivity index (χ3n) is 2.53. The van der Waals surface area contributed by atoms with Gasteiger partial charge in [-0.3, -0.25) is 0 Å². The molecule has 7 heteroatoms. The van der Waals surface area contributed by atoms with E-state index in [4.69, 9.17) is 45.4 Å². The standard InChI is InChI=1S/C14H9Cl3N2O2/c15-8-5-6-9(12(17)7-8)13(18)19-21-14(20)10-3-1-2-4-11(10)16/h1-7H,(H2,18,19). The Kier molecular flexibility index (Phi) is 5.07. The summed E-state index contributed by atoms with van der Waals surface area (Å²) in [6.45, 7) is 0. The first-order valence-electron chi connectivity index (χ1n) is 5.74. The Hall–Kier alpha value is -1.75. The molecule has 2 aromatic carbocycles. The number of nitrogens with two attached hydrogens (primary N) is 1. The molecule has 0 aliphatic carbocycles. The summed E-state index contributed by atoms with van der Waals surface area (Å²) in [7, 11) is 0. The first-order chi connectivity index (χ1) is 9.99. The van der Waals surface area contributed by atoms with Crippen LogP contribution in [0.5, 0.6) is 0 Å². The molecule has 0 heterocycles. The molecule has 0 bridgehead atoms. The molecule has 2 aromatic rings. The maximum absolute atomic E-state index is 11.8. The zero-order chi connectivity index (χ0) is 15.4. The van der Waals surface area contributed by atoms with E-state index in [1.54, 1.807) is 30.3 Å². The zero-order valence-corrected chi connectivity index (χ0v) is 12.8. The molecular weight excluding hydrogens is 335 g/mol. The van der Waals surface area contributed by atoms with Crippen molar-refractivity contribution in [2.75, 3.05) is 0 Å². The lowest BCUT2D eigenvalue weighted by Crippen LogP contribution is -2.16. The number of halogens is 3. The van der Waals surface area contributed by atoms with E-state index in [0.29, 0.717) is 15.6 Å². The molecule has 0 saturated heterocycles. The van der Waals surface area contributed by atoms with Crippen LogP contribution >= 0.6 is 34.8 Å². The minimum atomic E-state index is -0.714. The van der Waals surface area contributed by atoms with Gasteiger partial charge in [0.1, 0.15) is 0 Å². The minimum absolute atomic E-state index is 0.0444. The number of rotatable bonds is 3. The molecule has 4 nitrogen and oxygen atoms in total. The summed E-state index contributed by atoms with van der Waals surface area (Å²) >= 11 is 17.6. The van der Waals surface area contributed by atoms with Crippen molar-refractivity contribution in [3.8, 4) is 0 Å². The van der Waals surface area contributed by atoms with Crippen LogP contribution in [-0.2, 0) is 4.84 Å². The van der Waals surface area contributed by atoms with Crippen molar-refractivity contribution in [2.45, 2.75) is 0 Å². The van der Waals surface area contributed by atoms with Crippen LogP contribution in [0.25, 0.3) is 0 Å². The Morgan fingerprint density at radius 2 is 1.71 bits per heavy atom. The highest BCUT2D eigenvalue weighted by molar-refractivity contribution is 6.37. The fourth-order valence-corrected chi connectivity index (χ4v) is 2.23. The van der Waals surface area contributed by atoms with E-state index in [1.807, 2.05) is 0 Å². The summed E-state index contributed by atoms with van der Waals surface area (Å²) < 4.78 is 0. The Morgan fingerprint density at radius 1 is 1.00 bits per heavy atom. The zero-order valence-electron chi connectivity index (χ0n) is 10.5. The van der Waals surface area contributed by atoms with Crippen molar-refractivity contribution in [1.82, 2.24) is 0 Å². The fourth-order valence-electron chi connectivity index (χ4n) is 1.51. The quantitative estimate of drug-likeness (QED) is 0.394. The Labute approximate surface area is 136 Å². The molecule has 2 N–H and O–H groups in total.